The molecule has 0 spiro atoms. The minimum atomic E-state index is 1.03. The third-order valence-electron chi connectivity index (χ3n) is 3.12. The maximum Gasteiger partial charge on any atom is 0.0141 e. The fourth-order valence-electron chi connectivity index (χ4n) is 2.49. The largest absolute Gasteiger partial charge is 0.0823 e. The van der Waals surface area contributed by atoms with E-state index in [1.165, 1.54) is 12.8 Å². The number of alkyl halides is 1. The molecule has 0 nitrogen and oxygen atoms in total. The molecule has 0 aromatic rings. The van der Waals surface area contributed by atoms with Gasteiger partial charge in [0.25, 0.3) is 0 Å². The molecular formula is C8H13I. The van der Waals surface area contributed by atoms with Crippen LogP contribution >= 0.6 is 22.6 Å². The third kappa shape index (κ3) is 0.920. The Bertz CT molecular complexity index is 104. The van der Waals surface area contributed by atoms with E-state index in [1.807, 2.05) is 0 Å². The molecule has 9 heavy (non-hydrogen) atoms. The summed E-state index contributed by atoms with van der Waals surface area (Å²) in [7, 11) is 0. The van der Waals surface area contributed by atoms with Crippen molar-refractivity contribution >= 4 is 22.6 Å². The van der Waals surface area contributed by atoms with Gasteiger partial charge >= 0.3 is 0 Å². The molecule has 0 heterocycles. The summed E-state index contributed by atoms with van der Waals surface area (Å²) in [4.78, 5) is 0. The van der Waals surface area contributed by atoms with Crippen LogP contribution in [0.25, 0.3) is 0 Å². The topological polar surface area (TPSA) is 0 Å². The molecule has 2 fully saturated rings. The first-order chi connectivity index (χ1) is 4.27. The van der Waals surface area contributed by atoms with Crippen molar-refractivity contribution in [3.05, 3.63) is 0 Å². The van der Waals surface area contributed by atoms with Crippen molar-refractivity contribution in [2.75, 3.05) is 0 Å². The van der Waals surface area contributed by atoms with Crippen LogP contribution in [0.4, 0.5) is 0 Å². The molecule has 0 radical (unpaired) electrons. The lowest BCUT2D eigenvalue weighted by Crippen LogP contribution is -2.14. The normalized spacial score (nSPS) is 56.7. The monoisotopic (exact) mass is 236 g/mol. The highest BCUT2D eigenvalue weighted by Gasteiger charge is 2.42. The van der Waals surface area contributed by atoms with Gasteiger partial charge in [-0.25, -0.2) is 0 Å². The highest BCUT2D eigenvalue weighted by molar-refractivity contribution is 14.1. The van der Waals surface area contributed by atoms with Gasteiger partial charge < -0.3 is 0 Å². The first kappa shape index (κ1) is 6.44. The van der Waals surface area contributed by atoms with Crippen molar-refractivity contribution in [1.29, 1.82) is 0 Å². The average Bonchev–Trinajstić information content (AvgIpc) is 2.24. The van der Waals surface area contributed by atoms with E-state index in [9.17, 15) is 0 Å². The molecule has 0 amide bonds. The Morgan fingerprint density at radius 2 is 1.89 bits per heavy atom. The van der Waals surface area contributed by atoms with E-state index in [1.54, 1.807) is 6.42 Å². The van der Waals surface area contributed by atoms with Gasteiger partial charge in [-0.2, -0.15) is 0 Å². The number of hydrogen-bond donors (Lipinski definition) is 0. The van der Waals surface area contributed by atoms with Gasteiger partial charge in [0.15, 0.2) is 0 Å². The first-order valence-electron chi connectivity index (χ1n) is 3.91. The smallest absolute Gasteiger partial charge is 0.0141 e. The Balaban J connectivity index is 2.10. The van der Waals surface area contributed by atoms with Gasteiger partial charge in [0.2, 0.25) is 0 Å². The SMILES string of the molecule is CC1CC2CC1CC2I. The van der Waals surface area contributed by atoms with E-state index in [2.05, 4.69) is 29.5 Å². The van der Waals surface area contributed by atoms with Gasteiger partial charge in [-0.15, -0.1) is 0 Å². The molecule has 0 N–H and O–H groups in total. The Morgan fingerprint density at radius 3 is 2.22 bits per heavy atom. The lowest BCUT2D eigenvalue weighted by atomic mass is 9.91. The Kier molecular flexibility index (Phi) is 1.51. The van der Waals surface area contributed by atoms with E-state index in [0.29, 0.717) is 0 Å². The fraction of sp³-hybridized carbons (Fsp3) is 1.00. The number of halogens is 1. The zero-order chi connectivity index (χ0) is 6.43. The lowest BCUT2D eigenvalue weighted by Gasteiger charge is -2.20. The molecule has 1 heteroatoms. The third-order valence-corrected chi connectivity index (χ3v) is 4.65. The van der Waals surface area contributed by atoms with Crippen LogP contribution in [0.3, 0.4) is 0 Å². The molecule has 2 saturated carbocycles. The van der Waals surface area contributed by atoms with Crippen molar-refractivity contribution in [3.63, 3.8) is 0 Å². The average molecular weight is 236 g/mol. The Labute approximate surface area is 70.5 Å². The molecule has 0 aromatic heterocycles. The zero-order valence-corrected chi connectivity index (χ0v) is 7.97. The van der Waals surface area contributed by atoms with Crippen LogP contribution in [0.1, 0.15) is 26.2 Å². The summed E-state index contributed by atoms with van der Waals surface area (Å²) in [6.07, 6.45) is 4.60. The van der Waals surface area contributed by atoms with E-state index in [-0.39, 0.29) is 0 Å². The first-order valence-corrected chi connectivity index (χ1v) is 5.16. The molecule has 4 atom stereocenters. The molecule has 4 unspecified atom stereocenters. The van der Waals surface area contributed by atoms with Gasteiger partial charge in [0, 0.05) is 3.92 Å². The summed E-state index contributed by atoms with van der Waals surface area (Å²) in [5, 5.41) is 0. The van der Waals surface area contributed by atoms with Crippen LogP contribution in [0.15, 0.2) is 0 Å². The Hall–Kier alpha value is 0.730. The second-order valence-electron chi connectivity index (χ2n) is 3.72. The van der Waals surface area contributed by atoms with Crippen LogP contribution in [0.2, 0.25) is 0 Å². The zero-order valence-electron chi connectivity index (χ0n) is 5.81. The summed E-state index contributed by atoms with van der Waals surface area (Å²) in [5.74, 6) is 3.27. The number of hydrogen-bond acceptors (Lipinski definition) is 0. The van der Waals surface area contributed by atoms with Crippen molar-refractivity contribution in [1.82, 2.24) is 0 Å². The molecule has 0 aliphatic heterocycles. The van der Waals surface area contributed by atoms with Gasteiger partial charge in [0.05, 0.1) is 0 Å². The highest BCUT2D eigenvalue weighted by Crippen LogP contribution is 2.50. The van der Waals surface area contributed by atoms with Crippen LogP contribution in [-0.2, 0) is 0 Å². The van der Waals surface area contributed by atoms with Crippen LogP contribution in [-0.4, -0.2) is 3.92 Å². The van der Waals surface area contributed by atoms with Crippen molar-refractivity contribution < 1.29 is 0 Å². The van der Waals surface area contributed by atoms with Gasteiger partial charge in [0.1, 0.15) is 0 Å². The highest BCUT2D eigenvalue weighted by atomic mass is 127. The predicted molar refractivity (Wildman–Crippen MR) is 47.8 cm³/mol. The molecule has 0 aromatic carbocycles. The van der Waals surface area contributed by atoms with Crippen molar-refractivity contribution in [3.8, 4) is 0 Å². The van der Waals surface area contributed by atoms with E-state index < -0.39 is 0 Å². The summed E-state index contributed by atoms with van der Waals surface area (Å²) in [6, 6.07) is 0. The van der Waals surface area contributed by atoms with Gasteiger partial charge in [-0.1, -0.05) is 29.5 Å². The van der Waals surface area contributed by atoms with Crippen LogP contribution in [0.5, 0.6) is 0 Å². The van der Waals surface area contributed by atoms with Crippen molar-refractivity contribution in [2.45, 2.75) is 30.1 Å². The molecule has 2 rings (SSSR count). The maximum atomic E-state index is 2.63. The number of fused-ring (bicyclic) bond motifs is 2. The van der Waals surface area contributed by atoms with Gasteiger partial charge in [-0.05, 0) is 37.0 Å². The van der Waals surface area contributed by atoms with E-state index >= 15 is 0 Å². The standard InChI is InChI=1S/C8H13I/c1-5-2-7-3-6(5)4-8(7)9/h5-8H,2-4H2,1H3. The summed E-state index contributed by atoms with van der Waals surface area (Å²) >= 11 is 2.63. The van der Waals surface area contributed by atoms with Crippen molar-refractivity contribution in [2.24, 2.45) is 17.8 Å². The second-order valence-corrected chi connectivity index (χ2v) is 5.32. The molecule has 52 valence electrons. The minimum Gasteiger partial charge on any atom is -0.0823 e. The molecular weight excluding hydrogens is 223 g/mol. The maximum absolute atomic E-state index is 2.63. The summed E-state index contributed by atoms with van der Waals surface area (Å²) in [5.41, 5.74) is 0. The minimum absolute atomic E-state index is 1.03. The fourth-order valence-corrected chi connectivity index (χ4v) is 3.73. The lowest BCUT2D eigenvalue weighted by molar-refractivity contribution is 0.372. The van der Waals surface area contributed by atoms with E-state index in [4.69, 9.17) is 0 Å². The van der Waals surface area contributed by atoms with Crippen LogP contribution in [0, 0.1) is 17.8 Å². The predicted octanol–water partition coefficient (Wildman–Crippen LogP) is 2.86. The quantitative estimate of drug-likeness (QED) is 0.448. The summed E-state index contributed by atoms with van der Waals surface area (Å²) in [6.45, 7) is 2.42. The van der Waals surface area contributed by atoms with E-state index in [0.717, 1.165) is 21.7 Å². The molecule has 2 aliphatic rings. The molecule has 2 aliphatic carbocycles. The summed E-state index contributed by atoms with van der Waals surface area (Å²) < 4.78 is 1.03. The Morgan fingerprint density at radius 1 is 1.11 bits per heavy atom. The molecule has 2 bridgehead atoms. The molecule has 0 saturated heterocycles. The number of rotatable bonds is 0. The second kappa shape index (κ2) is 2.11. The van der Waals surface area contributed by atoms with Gasteiger partial charge in [-0.3, -0.25) is 0 Å². The van der Waals surface area contributed by atoms with Crippen LogP contribution < -0.4 is 0 Å².